The van der Waals surface area contributed by atoms with E-state index < -0.39 is 0 Å². The maximum atomic E-state index is 5.95. The summed E-state index contributed by atoms with van der Waals surface area (Å²) in [5, 5.41) is 3.90. The minimum Gasteiger partial charge on any atom is -0.366 e. The molecule has 0 radical (unpaired) electrons. The first-order valence-corrected chi connectivity index (χ1v) is 5.58. The summed E-state index contributed by atoms with van der Waals surface area (Å²) in [5.74, 6) is 1.44. The lowest BCUT2D eigenvalue weighted by Gasteiger charge is -2.14. The molecule has 0 aromatic carbocycles. The van der Waals surface area contributed by atoms with Crippen molar-refractivity contribution in [2.24, 2.45) is 0 Å². The van der Waals surface area contributed by atoms with E-state index in [2.05, 4.69) is 17.2 Å². The second-order valence-electron chi connectivity index (χ2n) is 3.21. The van der Waals surface area contributed by atoms with Crippen molar-refractivity contribution in [1.29, 1.82) is 0 Å². The van der Waals surface area contributed by atoms with Crippen molar-refractivity contribution in [3.63, 3.8) is 0 Å². The van der Waals surface area contributed by atoms with Crippen LogP contribution < -0.4 is 5.32 Å². The lowest BCUT2D eigenvalue weighted by Crippen LogP contribution is -2.16. The molecule has 0 aliphatic carbocycles. The van der Waals surface area contributed by atoms with Crippen molar-refractivity contribution in [2.75, 3.05) is 11.2 Å². The molecule has 0 aliphatic heterocycles. The normalized spacial score (nSPS) is 12.5. The van der Waals surface area contributed by atoms with Gasteiger partial charge in [0.1, 0.15) is 5.82 Å². The van der Waals surface area contributed by atoms with Gasteiger partial charge in [-0.25, -0.2) is 4.98 Å². The Kier molecular flexibility index (Phi) is 5.05. The van der Waals surface area contributed by atoms with Crippen LogP contribution in [0.5, 0.6) is 0 Å². The van der Waals surface area contributed by atoms with Crippen molar-refractivity contribution >= 4 is 29.0 Å². The molecule has 1 aromatic rings. The third kappa shape index (κ3) is 3.72. The molecular weight excluding hydrogens is 219 g/mol. The van der Waals surface area contributed by atoms with Crippen molar-refractivity contribution in [1.82, 2.24) is 4.98 Å². The second-order valence-corrected chi connectivity index (χ2v) is 4.00. The second kappa shape index (κ2) is 6.10. The van der Waals surface area contributed by atoms with E-state index in [1.807, 2.05) is 12.1 Å². The fraction of sp³-hybridized carbons (Fsp3) is 0.500. The molecule has 0 amide bonds. The van der Waals surface area contributed by atoms with Crippen molar-refractivity contribution in [3.8, 4) is 0 Å². The molecule has 2 nitrogen and oxygen atoms in total. The standard InChI is InChI=1S/C10H14Cl2N2/c1-8(4-2-6-11)14-10-9(12)5-3-7-13-10/h3,5,7-8H,2,4,6H2,1H3,(H,13,14). The summed E-state index contributed by atoms with van der Waals surface area (Å²) in [6.07, 6.45) is 3.75. The third-order valence-electron chi connectivity index (χ3n) is 1.91. The van der Waals surface area contributed by atoms with Gasteiger partial charge in [-0.1, -0.05) is 11.6 Å². The number of anilines is 1. The Morgan fingerprint density at radius 3 is 3.00 bits per heavy atom. The highest BCUT2D eigenvalue weighted by atomic mass is 35.5. The van der Waals surface area contributed by atoms with Crippen LogP contribution >= 0.6 is 23.2 Å². The molecule has 1 atom stereocenters. The molecule has 0 fully saturated rings. The van der Waals surface area contributed by atoms with Gasteiger partial charge in [0.15, 0.2) is 0 Å². The van der Waals surface area contributed by atoms with Gasteiger partial charge in [0.05, 0.1) is 5.02 Å². The minimum absolute atomic E-state index is 0.348. The van der Waals surface area contributed by atoms with E-state index in [1.54, 1.807) is 6.20 Å². The number of pyridine rings is 1. The number of rotatable bonds is 5. The number of alkyl halides is 1. The largest absolute Gasteiger partial charge is 0.366 e. The van der Waals surface area contributed by atoms with Crippen LogP contribution in [0.4, 0.5) is 5.82 Å². The van der Waals surface area contributed by atoms with E-state index >= 15 is 0 Å². The molecule has 1 rings (SSSR count). The zero-order valence-corrected chi connectivity index (χ0v) is 9.65. The minimum atomic E-state index is 0.348. The van der Waals surface area contributed by atoms with Crippen LogP contribution in [0.15, 0.2) is 18.3 Å². The van der Waals surface area contributed by atoms with Gasteiger partial charge in [0.25, 0.3) is 0 Å². The van der Waals surface area contributed by atoms with E-state index in [0.29, 0.717) is 16.9 Å². The predicted molar refractivity (Wildman–Crippen MR) is 62.3 cm³/mol. The van der Waals surface area contributed by atoms with E-state index in [9.17, 15) is 0 Å². The highest BCUT2D eigenvalue weighted by Crippen LogP contribution is 2.18. The fourth-order valence-electron chi connectivity index (χ4n) is 1.18. The average Bonchev–Trinajstić information content (AvgIpc) is 2.18. The zero-order valence-electron chi connectivity index (χ0n) is 8.13. The summed E-state index contributed by atoms with van der Waals surface area (Å²) < 4.78 is 0. The number of halogens is 2. The van der Waals surface area contributed by atoms with Crippen LogP contribution in [-0.2, 0) is 0 Å². The van der Waals surface area contributed by atoms with Crippen molar-refractivity contribution in [2.45, 2.75) is 25.8 Å². The molecule has 1 heterocycles. The van der Waals surface area contributed by atoms with Gasteiger partial charge in [-0.3, -0.25) is 0 Å². The third-order valence-corrected chi connectivity index (χ3v) is 2.48. The van der Waals surface area contributed by atoms with Gasteiger partial charge in [0, 0.05) is 18.1 Å². The molecule has 78 valence electrons. The first-order valence-electron chi connectivity index (χ1n) is 4.67. The summed E-state index contributed by atoms with van der Waals surface area (Å²) in [6.45, 7) is 2.09. The van der Waals surface area contributed by atoms with E-state index in [-0.39, 0.29) is 0 Å². The van der Waals surface area contributed by atoms with Gasteiger partial charge >= 0.3 is 0 Å². The molecule has 1 N–H and O–H groups in total. The smallest absolute Gasteiger partial charge is 0.144 e. The summed E-state index contributed by atoms with van der Waals surface area (Å²) in [6, 6.07) is 3.99. The number of hydrogen-bond acceptors (Lipinski definition) is 2. The number of aromatic nitrogens is 1. The van der Waals surface area contributed by atoms with Crippen LogP contribution in [-0.4, -0.2) is 16.9 Å². The predicted octanol–water partition coefficient (Wildman–Crippen LogP) is 3.55. The Labute approximate surface area is 94.6 Å². The summed E-state index contributed by atoms with van der Waals surface area (Å²) in [7, 11) is 0. The van der Waals surface area contributed by atoms with Gasteiger partial charge in [-0.15, -0.1) is 11.6 Å². The number of nitrogens with one attached hydrogen (secondary N) is 1. The molecule has 0 aliphatic rings. The summed E-state index contributed by atoms with van der Waals surface area (Å²) >= 11 is 11.6. The van der Waals surface area contributed by atoms with Crippen LogP contribution in [0.3, 0.4) is 0 Å². The number of hydrogen-bond donors (Lipinski definition) is 1. The Bertz CT molecular complexity index is 279. The van der Waals surface area contributed by atoms with Crippen LogP contribution in [0.25, 0.3) is 0 Å². The molecular formula is C10H14Cl2N2. The lowest BCUT2D eigenvalue weighted by atomic mass is 10.2. The molecule has 1 aromatic heterocycles. The van der Waals surface area contributed by atoms with Crippen LogP contribution in [0.1, 0.15) is 19.8 Å². The van der Waals surface area contributed by atoms with Crippen LogP contribution in [0.2, 0.25) is 5.02 Å². The fourth-order valence-corrected chi connectivity index (χ4v) is 1.51. The first kappa shape index (κ1) is 11.6. The summed E-state index contributed by atoms with van der Waals surface area (Å²) in [4.78, 5) is 4.15. The average molecular weight is 233 g/mol. The molecule has 0 saturated carbocycles. The molecule has 0 bridgehead atoms. The Balaban J connectivity index is 2.47. The first-order chi connectivity index (χ1) is 6.74. The monoisotopic (exact) mass is 232 g/mol. The van der Waals surface area contributed by atoms with Crippen LogP contribution in [0, 0.1) is 0 Å². The Hall–Kier alpha value is -0.470. The number of nitrogens with zero attached hydrogens (tertiary/aromatic N) is 1. The van der Waals surface area contributed by atoms with Gasteiger partial charge in [-0.2, -0.15) is 0 Å². The summed E-state index contributed by atoms with van der Waals surface area (Å²) in [5.41, 5.74) is 0. The van der Waals surface area contributed by atoms with Crippen molar-refractivity contribution < 1.29 is 0 Å². The SMILES string of the molecule is CC(CCCCl)Nc1ncccc1Cl. The van der Waals surface area contributed by atoms with Gasteiger partial charge < -0.3 is 5.32 Å². The van der Waals surface area contributed by atoms with Crippen molar-refractivity contribution in [3.05, 3.63) is 23.4 Å². The highest BCUT2D eigenvalue weighted by molar-refractivity contribution is 6.32. The Morgan fingerprint density at radius 1 is 1.57 bits per heavy atom. The zero-order chi connectivity index (χ0) is 10.4. The lowest BCUT2D eigenvalue weighted by molar-refractivity contribution is 0.690. The molecule has 0 saturated heterocycles. The molecule has 4 heteroatoms. The quantitative estimate of drug-likeness (QED) is 0.786. The van der Waals surface area contributed by atoms with Gasteiger partial charge in [-0.05, 0) is 31.9 Å². The van der Waals surface area contributed by atoms with E-state index in [4.69, 9.17) is 23.2 Å². The Morgan fingerprint density at radius 2 is 2.36 bits per heavy atom. The van der Waals surface area contributed by atoms with Gasteiger partial charge in [0.2, 0.25) is 0 Å². The molecule has 14 heavy (non-hydrogen) atoms. The topological polar surface area (TPSA) is 24.9 Å². The molecule has 1 unspecified atom stereocenters. The molecule has 0 spiro atoms. The van der Waals surface area contributed by atoms with E-state index in [0.717, 1.165) is 18.7 Å². The maximum absolute atomic E-state index is 5.95. The van der Waals surface area contributed by atoms with E-state index in [1.165, 1.54) is 0 Å². The maximum Gasteiger partial charge on any atom is 0.144 e. The highest BCUT2D eigenvalue weighted by Gasteiger charge is 2.04.